The lowest BCUT2D eigenvalue weighted by Gasteiger charge is -2.09. The van der Waals surface area contributed by atoms with Crippen LogP contribution in [0.1, 0.15) is 42.6 Å². The van der Waals surface area contributed by atoms with E-state index >= 15 is 0 Å². The van der Waals surface area contributed by atoms with Crippen LogP contribution in [0.2, 0.25) is 0 Å². The number of aromatic nitrogens is 2. The molecule has 6 nitrogen and oxygen atoms in total. The van der Waals surface area contributed by atoms with Crippen LogP contribution < -0.4 is 10.6 Å². The van der Waals surface area contributed by atoms with Gasteiger partial charge in [0.2, 0.25) is 0 Å². The molecule has 0 atom stereocenters. The maximum absolute atomic E-state index is 12.2. The lowest BCUT2D eigenvalue weighted by molar-refractivity contribution is 0.0527. The molecule has 0 unspecified atom stereocenters. The Labute approximate surface area is 153 Å². The Hall–Kier alpha value is -2.41. The Kier molecular flexibility index (Phi) is 7.40. The monoisotopic (exact) mass is 360 g/mol. The standard InChI is InChI=1S/C18H24N4O2S/c1-3-5-11-19-18(25)20-16-15(17(23)24-4-2)13-22(21-16)12-14-9-7-6-8-10-14/h6-10,13H,3-5,11-12H2,1-2H3,(H2,19,20,21,25). The zero-order chi connectivity index (χ0) is 18.1. The molecule has 0 fully saturated rings. The van der Waals surface area contributed by atoms with Gasteiger partial charge in [0.1, 0.15) is 5.56 Å². The highest BCUT2D eigenvalue weighted by Crippen LogP contribution is 2.16. The summed E-state index contributed by atoms with van der Waals surface area (Å²) in [5.41, 5.74) is 1.47. The SMILES string of the molecule is CCCCNC(=S)Nc1nn(Cc2ccccc2)cc1C(=O)OCC. The summed E-state index contributed by atoms with van der Waals surface area (Å²) in [5, 5.41) is 11.0. The first kappa shape index (κ1) is 18.9. The predicted octanol–water partition coefficient (Wildman–Crippen LogP) is 3.19. The van der Waals surface area contributed by atoms with Crippen LogP contribution in [0.5, 0.6) is 0 Å². The molecular formula is C18H24N4O2S. The van der Waals surface area contributed by atoms with E-state index in [1.54, 1.807) is 17.8 Å². The molecule has 0 bridgehead atoms. The first-order valence-corrected chi connectivity index (χ1v) is 8.88. The van der Waals surface area contributed by atoms with E-state index in [2.05, 4.69) is 22.7 Å². The van der Waals surface area contributed by atoms with Crippen LogP contribution in [0.25, 0.3) is 0 Å². The zero-order valence-corrected chi connectivity index (χ0v) is 15.4. The van der Waals surface area contributed by atoms with Gasteiger partial charge >= 0.3 is 5.97 Å². The number of anilines is 1. The normalized spacial score (nSPS) is 10.3. The van der Waals surface area contributed by atoms with Crippen LogP contribution >= 0.6 is 12.2 Å². The molecule has 1 aromatic carbocycles. The highest BCUT2D eigenvalue weighted by molar-refractivity contribution is 7.80. The van der Waals surface area contributed by atoms with Crippen molar-refractivity contribution in [3.8, 4) is 0 Å². The van der Waals surface area contributed by atoms with Crippen LogP contribution in [0.3, 0.4) is 0 Å². The van der Waals surface area contributed by atoms with Gasteiger partial charge in [-0.2, -0.15) is 5.10 Å². The Morgan fingerprint density at radius 3 is 2.72 bits per heavy atom. The third-order valence-corrected chi connectivity index (χ3v) is 3.74. The van der Waals surface area contributed by atoms with E-state index < -0.39 is 5.97 Å². The second-order valence-electron chi connectivity index (χ2n) is 5.53. The van der Waals surface area contributed by atoms with Gasteiger partial charge < -0.3 is 15.4 Å². The molecule has 134 valence electrons. The quantitative estimate of drug-likeness (QED) is 0.428. The average molecular weight is 360 g/mol. The second-order valence-corrected chi connectivity index (χ2v) is 5.94. The zero-order valence-electron chi connectivity index (χ0n) is 14.6. The van der Waals surface area contributed by atoms with Crippen molar-refractivity contribution in [2.24, 2.45) is 0 Å². The largest absolute Gasteiger partial charge is 0.462 e. The fourth-order valence-electron chi connectivity index (χ4n) is 2.25. The summed E-state index contributed by atoms with van der Waals surface area (Å²) < 4.78 is 6.82. The van der Waals surface area contributed by atoms with Gasteiger partial charge in [-0.05, 0) is 31.1 Å². The fourth-order valence-corrected chi connectivity index (χ4v) is 2.45. The molecule has 1 aromatic heterocycles. The number of hydrogen-bond acceptors (Lipinski definition) is 4. The average Bonchev–Trinajstić information content (AvgIpc) is 2.98. The molecule has 2 rings (SSSR count). The lowest BCUT2D eigenvalue weighted by Crippen LogP contribution is -2.30. The summed E-state index contributed by atoms with van der Waals surface area (Å²) in [6.45, 7) is 5.53. The summed E-state index contributed by atoms with van der Waals surface area (Å²) in [6.07, 6.45) is 3.78. The topological polar surface area (TPSA) is 68.2 Å². The van der Waals surface area contributed by atoms with Crippen molar-refractivity contribution in [1.82, 2.24) is 15.1 Å². The number of benzene rings is 1. The molecule has 2 aromatic rings. The van der Waals surface area contributed by atoms with Crippen molar-refractivity contribution in [2.75, 3.05) is 18.5 Å². The number of nitrogens with zero attached hydrogens (tertiary/aromatic N) is 2. The van der Waals surface area contributed by atoms with E-state index in [-0.39, 0.29) is 0 Å². The maximum atomic E-state index is 12.2. The van der Waals surface area contributed by atoms with Gasteiger partial charge in [-0.15, -0.1) is 0 Å². The number of carbonyl (C=O) groups excluding carboxylic acids is 1. The number of esters is 1. The summed E-state index contributed by atoms with van der Waals surface area (Å²) in [5.74, 6) is -0.0101. The number of hydrogen-bond donors (Lipinski definition) is 2. The van der Waals surface area contributed by atoms with Crippen molar-refractivity contribution < 1.29 is 9.53 Å². The summed E-state index contributed by atoms with van der Waals surface area (Å²) in [6, 6.07) is 9.92. The molecule has 0 saturated carbocycles. The number of unbranched alkanes of at least 4 members (excludes halogenated alkanes) is 1. The summed E-state index contributed by atoms with van der Waals surface area (Å²) in [4.78, 5) is 12.2. The molecule has 2 N–H and O–H groups in total. The van der Waals surface area contributed by atoms with Crippen molar-refractivity contribution in [3.05, 3.63) is 47.7 Å². The molecule has 0 aliphatic rings. The molecule has 0 aliphatic carbocycles. The minimum Gasteiger partial charge on any atom is -0.462 e. The predicted molar refractivity (Wildman–Crippen MR) is 103 cm³/mol. The number of rotatable bonds is 8. The number of carbonyl (C=O) groups is 1. The van der Waals surface area contributed by atoms with Crippen molar-refractivity contribution in [1.29, 1.82) is 0 Å². The van der Waals surface area contributed by atoms with Crippen LogP contribution in [-0.4, -0.2) is 34.0 Å². The number of ether oxygens (including phenoxy) is 1. The fraction of sp³-hybridized carbons (Fsp3) is 0.389. The van der Waals surface area contributed by atoms with Crippen LogP contribution in [-0.2, 0) is 11.3 Å². The van der Waals surface area contributed by atoms with E-state index in [1.807, 2.05) is 30.3 Å². The van der Waals surface area contributed by atoms with Gasteiger partial charge in [0.15, 0.2) is 10.9 Å². The number of thiocarbonyl (C=S) groups is 1. The van der Waals surface area contributed by atoms with E-state index in [1.165, 1.54) is 0 Å². The van der Waals surface area contributed by atoms with E-state index in [0.29, 0.717) is 29.6 Å². The molecule has 0 amide bonds. The van der Waals surface area contributed by atoms with Crippen LogP contribution in [0.4, 0.5) is 5.82 Å². The van der Waals surface area contributed by atoms with Crippen molar-refractivity contribution in [3.63, 3.8) is 0 Å². The van der Waals surface area contributed by atoms with E-state index in [4.69, 9.17) is 17.0 Å². The lowest BCUT2D eigenvalue weighted by atomic mass is 10.2. The van der Waals surface area contributed by atoms with E-state index in [0.717, 1.165) is 24.9 Å². The summed E-state index contributed by atoms with van der Waals surface area (Å²) in [7, 11) is 0. The Morgan fingerprint density at radius 2 is 2.04 bits per heavy atom. The Bertz CT molecular complexity index is 700. The Morgan fingerprint density at radius 1 is 1.28 bits per heavy atom. The molecule has 0 spiro atoms. The Balaban J connectivity index is 2.14. The molecule has 0 saturated heterocycles. The van der Waals surface area contributed by atoms with Gasteiger partial charge in [-0.1, -0.05) is 43.7 Å². The minimum atomic E-state index is -0.416. The van der Waals surface area contributed by atoms with Crippen LogP contribution in [0.15, 0.2) is 36.5 Å². The third-order valence-electron chi connectivity index (χ3n) is 3.49. The third kappa shape index (κ3) is 5.86. The molecule has 25 heavy (non-hydrogen) atoms. The highest BCUT2D eigenvalue weighted by atomic mass is 32.1. The van der Waals surface area contributed by atoms with E-state index in [9.17, 15) is 4.79 Å². The second kappa shape index (κ2) is 9.78. The highest BCUT2D eigenvalue weighted by Gasteiger charge is 2.18. The first-order chi connectivity index (χ1) is 12.1. The minimum absolute atomic E-state index is 0.307. The molecular weight excluding hydrogens is 336 g/mol. The maximum Gasteiger partial charge on any atom is 0.343 e. The van der Waals surface area contributed by atoms with Crippen molar-refractivity contribution in [2.45, 2.75) is 33.2 Å². The smallest absolute Gasteiger partial charge is 0.343 e. The molecule has 0 aliphatic heterocycles. The van der Waals surface area contributed by atoms with Gasteiger partial charge in [0.05, 0.1) is 13.2 Å². The van der Waals surface area contributed by atoms with Gasteiger partial charge in [-0.3, -0.25) is 4.68 Å². The molecule has 1 heterocycles. The number of nitrogens with one attached hydrogen (secondary N) is 2. The van der Waals surface area contributed by atoms with Gasteiger partial charge in [-0.25, -0.2) is 4.79 Å². The van der Waals surface area contributed by atoms with Crippen molar-refractivity contribution >= 4 is 29.1 Å². The summed E-state index contributed by atoms with van der Waals surface area (Å²) >= 11 is 5.28. The molecule has 0 radical (unpaired) electrons. The van der Waals surface area contributed by atoms with Crippen LogP contribution in [0, 0.1) is 0 Å². The first-order valence-electron chi connectivity index (χ1n) is 8.47. The van der Waals surface area contributed by atoms with Gasteiger partial charge in [0, 0.05) is 12.7 Å². The van der Waals surface area contributed by atoms with Gasteiger partial charge in [0.25, 0.3) is 0 Å². The molecule has 7 heteroatoms.